The highest BCUT2D eigenvalue weighted by atomic mass is 16.5. The summed E-state index contributed by atoms with van der Waals surface area (Å²) in [6.07, 6.45) is 3.45. The largest absolute Gasteiger partial charge is 0.374 e. The van der Waals surface area contributed by atoms with Crippen LogP contribution in [0.25, 0.3) is 0 Å². The van der Waals surface area contributed by atoms with Gasteiger partial charge in [0.1, 0.15) is 0 Å². The van der Waals surface area contributed by atoms with Gasteiger partial charge in [-0.05, 0) is 27.2 Å². The van der Waals surface area contributed by atoms with Crippen molar-refractivity contribution in [2.24, 2.45) is 5.84 Å². The smallest absolute Gasteiger partial charge is 0.0792 e. The van der Waals surface area contributed by atoms with Gasteiger partial charge in [0.05, 0.1) is 5.60 Å². The Hall–Kier alpha value is -0.120. The highest BCUT2D eigenvalue weighted by molar-refractivity contribution is 4.83. The molecule has 0 saturated heterocycles. The number of ether oxygens (including phenoxy) is 1. The zero-order valence-electron chi connectivity index (χ0n) is 9.39. The lowest BCUT2D eigenvalue weighted by Gasteiger charge is -2.33. The lowest BCUT2D eigenvalue weighted by molar-refractivity contribution is -0.0405. The Balaban J connectivity index is 4.02. The molecule has 3 N–H and O–H groups in total. The van der Waals surface area contributed by atoms with Gasteiger partial charge in [-0.25, -0.2) is 0 Å². The number of unbranched alkanes of at least 4 members (excludes halogenated alkanes) is 1. The van der Waals surface area contributed by atoms with Crippen LogP contribution in [-0.2, 0) is 4.74 Å². The van der Waals surface area contributed by atoms with Crippen molar-refractivity contribution in [2.75, 3.05) is 6.61 Å². The second-order valence-corrected chi connectivity index (χ2v) is 3.90. The number of hydrogen-bond donors (Lipinski definition) is 2. The van der Waals surface area contributed by atoms with E-state index in [-0.39, 0.29) is 11.6 Å². The van der Waals surface area contributed by atoms with Gasteiger partial charge in [-0.3, -0.25) is 11.3 Å². The van der Waals surface area contributed by atoms with Crippen molar-refractivity contribution >= 4 is 0 Å². The normalized spacial score (nSPS) is 14.5. The van der Waals surface area contributed by atoms with Crippen LogP contribution in [0.15, 0.2) is 0 Å². The summed E-state index contributed by atoms with van der Waals surface area (Å²) in [5, 5.41) is 0. The van der Waals surface area contributed by atoms with Gasteiger partial charge in [0, 0.05) is 12.6 Å². The van der Waals surface area contributed by atoms with Gasteiger partial charge in [0.2, 0.25) is 0 Å². The molecule has 13 heavy (non-hydrogen) atoms. The van der Waals surface area contributed by atoms with Crippen LogP contribution in [0.2, 0.25) is 0 Å². The molecule has 0 radical (unpaired) electrons. The molecule has 0 aliphatic carbocycles. The molecule has 0 aromatic heterocycles. The molecule has 80 valence electrons. The molecule has 0 bridgehead atoms. The quantitative estimate of drug-likeness (QED) is 0.473. The molecule has 0 amide bonds. The second-order valence-electron chi connectivity index (χ2n) is 3.90. The average Bonchev–Trinajstić information content (AvgIpc) is 2.05. The topological polar surface area (TPSA) is 47.3 Å². The molecule has 3 heteroatoms. The van der Waals surface area contributed by atoms with Crippen molar-refractivity contribution in [3.63, 3.8) is 0 Å². The molecule has 0 aliphatic heterocycles. The third kappa shape index (κ3) is 4.60. The summed E-state index contributed by atoms with van der Waals surface area (Å²) in [4.78, 5) is 0. The third-order valence-corrected chi connectivity index (χ3v) is 2.40. The zero-order valence-corrected chi connectivity index (χ0v) is 9.39. The van der Waals surface area contributed by atoms with Crippen LogP contribution in [0, 0.1) is 0 Å². The van der Waals surface area contributed by atoms with E-state index < -0.39 is 0 Å². The Kier molecular flexibility index (Phi) is 6.29. The third-order valence-electron chi connectivity index (χ3n) is 2.40. The van der Waals surface area contributed by atoms with E-state index in [2.05, 4.69) is 26.2 Å². The molecule has 0 rings (SSSR count). The molecule has 0 aromatic carbocycles. The highest BCUT2D eigenvalue weighted by Crippen LogP contribution is 2.18. The minimum Gasteiger partial charge on any atom is -0.374 e. The molecule has 0 spiro atoms. The first-order valence-corrected chi connectivity index (χ1v) is 5.18. The van der Waals surface area contributed by atoms with Crippen molar-refractivity contribution in [2.45, 2.75) is 58.6 Å². The Morgan fingerprint density at radius 1 is 1.38 bits per heavy atom. The zero-order chi connectivity index (χ0) is 10.3. The Morgan fingerprint density at radius 3 is 2.38 bits per heavy atom. The van der Waals surface area contributed by atoms with Gasteiger partial charge in [0.15, 0.2) is 0 Å². The fourth-order valence-corrected chi connectivity index (χ4v) is 1.51. The van der Waals surface area contributed by atoms with Crippen molar-refractivity contribution in [1.82, 2.24) is 5.43 Å². The number of hydrogen-bond acceptors (Lipinski definition) is 3. The fourth-order valence-electron chi connectivity index (χ4n) is 1.51. The molecule has 0 aliphatic rings. The van der Waals surface area contributed by atoms with Crippen LogP contribution < -0.4 is 11.3 Å². The summed E-state index contributed by atoms with van der Waals surface area (Å²) in [5.41, 5.74) is 2.67. The van der Waals surface area contributed by atoms with Gasteiger partial charge in [-0.15, -0.1) is 0 Å². The van der Waals surface area contributed by atoms with Crippen molar-refractivity contribution in [3.05, 3.63) is 0 Å². The van der Waals surface area contributed by atoms with E-state index >= 15 is 0 Å². The Bertz CT molecular complexity index is 126. The van der Waals surface area contributed by atoms with Crippen molar-refractivity contribution in [3.8, 4) is 0 Å². The standard InChI is InChI=1S/C10H24N2O/c1-5-7-8-9(12-11)10(3,4)13-6-2/h9,12H,5-8,11H2,1-4H3. The summed E-state index contributed by atoms with van der Waals surface area (Å²) in [5.74, 6) is 5.50. The van der Waals surface area contributed by atoms with Gasteiger partial charge >= 0.3 is 0 Å². The van der Waals surface area contributed by atoms with Crippen LogP contribution in [0.5, 0.6) is 0 Å². The molecular formula is C10H24N2O. The summed E-state index contributed by atoms with van der Waals surface area (Å²) in [6.45, 7) is 9.08. The summed E-state index contributed by atoms with van der Waals surface area (Å²) in [6, 6.07) is 0.243. The maximum Gasteiger partial charge on any atom is 0.0792 e. The van der Waals surface area contributed by atoms with E-state index in [1.54, 1.807) is 0 Å². The van der Waals surface area contributed by atoms with Gasteiger partial charge in [-0.1, -0.05) is 19.8 Å². The predicted molar refractivity (Wildman–Crippen MR) is 56.3 cm³/mol. The Labute approximate surface area is 82.0 Å². The van der Waals surface area contributed by atoms with E-state index in [9.17, 15) is 0 Å². The molecule has 3 nitrogen and oxygen atoms in total. The molecule has 1 atom stereocenters. The lowest BCUT2D eigenvalue weighted by atomic mass is 9.94. The summed E-state index contributed by atoms with van der Waals surface area (Å²) >= 11 is 0. The van der Waals surface area contributed by atoms with Gasteiger partial charge in [0.25, 0.3) is 0 Å². The monoisotopic (exact) mass is 188 g/mol. The summed E-state index contributed by atoms with van der Waals surface area (Å²) < 4.78 is 5.64. The average molecular weight is 188 g/mol. The first kappa shape index (κ1) is 12.9. The van der Waals surface area contributed by atoms with Crippen LogP contribution >= 0.6 is 0 Å². The first-order chi connectivity index (χ1) is 6.08. The van der Waals surface area contributed by atoms with Crippen LogP contribution in [0.3, 0.4) is 0 Å². The summed E-state index contributed by atoms with van der Waals surface area (Å²) in [7, 11) is 0. The maximum absolute atomic E-state index is 5.64. The van der Waals surface area contributed by atoms with Crippen LogP contribution in [0.1, 0.15) is 47.0 Å². The second kappa shape index (κ2) is 6.35. The SMILES string of the molecule is CCCCC(NN)C(C)(C)OCC. The fraction of sp³-hybridized carbons (Fsp3) is 1.00. The van der Waals surface area contributed by atoms with E-state index in [1.807, 2.05) is 6.92 Å². The lowest BCUT2D eigenvalue weighted by Crippen LogP contribution is -2.51. The number of rotatable bonds is 7. The Morgan fingerprint density at radius 2 is 2.00 bits per heavy atom. The minimum atomic E-state index is -0.168. The van der Waals surface area contributed by atoms with Gasteiger partial charge in [-0.2, -0.15) is 0 Å². The van der Waals surface area contributed by atoms with E-state index in [0.717, 1.165) is 13.0 Å². The van der Waals surface area contributed by atoms with E-state index in [4.69, 9.17) is 10.6 Å². The van der Waals surface area contributed by atoms with Crippen molar-refractivity contribution < 1.29 is 4.74 Å². The van der Waals surface area contributed by atoms with Crippen LogP contribution in [0.4, 0.5) is 0 Å². The molecule has 0 fully saturated rings. The number of nitrogens with one attached hydrogen (secondary N) is 1. The molecule has 0 saturated carbocycles. The maximum atomic E-state index is 5.64. The van der Waals surface area contributed by atoms with Crippen molar-refractivity contribution in [1.29, 1.82) is 0 Å². The van der Waals surface area contributed by atoms with E-state index in [1.165, 1.54) is 12.8 Å². The molecule has 0 heterocycles. The predicted octanol–water partition coefficient (Wildman–Crippen LogP) is 1.82. The molecular weight excluding hydrogens is 164 g/mol. The molecule has 0 aromatic rings. The van der Waals surface area contributed by atoms with Gasteiger partial charge < -0.3 is 4.74 Å². The molecule has 1 unspecified atom stereocenters. The minimum absolute atomic E-state index is 0.168. The number of nitrogens with two attached hydrogens (primary N) is 1. The van der Waals surface area contributed by atoms with E-state index in [0.29, 0.717) is 0 Å². The first-order valence-electron chi connectivity index (χ1n) is 5.18. The van der Waals surface area contributed by atoms with Crippen LogP contribution in [-0.4, -0.2) is 18.2 Å². The number of hydrazine groups is 1. The highest BCUT2D eigenvalue weighted by Gasteiger charge is 2.28.